The number of carbonyl (C=O) groups excluding carboxylic acids is 1. The van der Waals surface area contributed by atoms with Gasteiger partial charge in [0.05, 0.1) is 32.0 Å². The Labute approximate surface area is 138 Å². The molecule has 9 heteroatoms. The molecule has 0 spiro atoms. The van der Waals surface area contributed by atoms with Gasteiger partial charge in [0, 0.05) is 13.2 Å². The van der Waals surface area contributed by atoms with Crippen LogP contribution in [0.5, 0.6) is 11.5 Å². The van der Waals surface area contributed by atoms with E-state index in [1.807, 2.05) is 0 Å². The molecule has 1 aliphatic heterocycles. The van der Waals surface area contributed by atoms with Crippen LogP contribution in [-0.2, 0) is 19.0 Å². The van der Waals surface area contributed by atoms with Gasteiger partial charge in [0.2, 0.25) is 5.90 Å². The summed E-state index contributed by atoms with van der Waals surface area (Å²) in [5.74, 6) is -1.29. The minimum atomic E-state index is -1.49. The first kappa shape index (κ1) is 18.0. The second-order valence-electron chi connectivity index (χ2n) is 5.26. The molecular weight excluding hydrogens is 320 g/mol. The van der Waals surface area contributed by atoms with E-state index in [2.05, 4.69) is 9.98 Å². The van der Waals surface area contributed by atoms with E-state index < -0.39 is 11.5 Å². The molecule has 0 aliphatic carbocycles. The number of aromatic hydroxyl groups is 1. The standard InChI is InChI=1S/C15H20N2O7/c1-15(14(19)20)9-24-13(17-15)12-11(18)7-10(8-16-12)23-6-5-22-4-3-21-2/h7-8,18H,3-6,9H2,1-2H3,(H,19,20)/p-1. The summed E-state index contributed by atoms with van der Waals surface area (Å²) in [6.07, 6.45) is 1.38. The molecule has 0 aromatic carbocycles. The number of carboxylic acid groups (broad SMARTS) is 1. The van der Waals surface area contributed by atoms with Crippen molar-refractivity contribution in [1.82, 2.24) is 4.98 Å². The first-order valence-electron chi connectivity index (χ1n) is 7.29. The number of carboxylic acids is 1. The summed E-state index contributed by atoms with van der Waals surface area (Å²) in [6, 6.07) is 1.35. The maximum Gasteiger partial charge on any atom is 0.240 e. The number of rotatable bonds is 9. The first-order valence-corrected chi connectivity index (χ1v) is 7.29. The van der Waals surface area contributed by atoms with Gasteiger partial charge in [-0.1, -0.05) is 0 Å². The molecule has 132 valence electrons. The second-order valence-corrected chi connectivity index (χ2v) is 5.26. The van der Waals surface area contributed by atoms with Gasteiger partial charge >= 0.3 is 0 Å². The predicted molar refractivity (Wildman–Crippen MR) is 80.0 cm³/mol. The minimum absolute atomic E-state index is 0.0451. The van der Waals surface area contributed by atoms with Crippen molar-refractivity contribution >= 4 is 11.9 Å². The zero-order valence-corrected chi connectivity index (χ0v) is 13.5. The monoisotopic (exact) mass is 339 g/mol. The van der Waals surface area contributed by atoms with E-state index >= 15 is 0 Å². The number of aromatic nitrogens is 1. The number of nitrogens with zero attached hydrogens (tertiary/aromatic N) is 2. The first-order chi connectivity index (χ1) is 11.5. The topological polar surface area (TPSA) is 123 Å². The van der Waals surface area contributed by atoms with E-state index in [0.29, 0.717) is 25.6 Å². The van der Waals surface area contributed by atoms with Crippen LogP contribution in [0, 0.1) is 0 Å². The molecule has 0 saturated carbocycles. The van der Waals surface area contributed by atoms with Crippen LogP contribution in [0.2, 0.25) is 0 Å². The highest BCUT2D eigenvalue weighted by Gasteiger charge is 2.35. The largest absolute Gasteiger partial charge is 0.547 e. The Balaban J connectivity index is 1.94. The molecular formula is C15H19N2O7-. The van der Waals surface area contributed by atoms with Crippen molar-refractivity contribution in [2.45, 2.75) is 12.5 Å². The van der Waals surface area contributed by atoms with Crippen molar-refractivity contribution < 1.29 is 34.0 Å². The van der Waals surface area contributed by atoms with Crippen LogP contribution in [0.3, 0.4) is 0 Å². The maximum atomic E-state index is 11.0. The van der Waals surface area contributed by atoms with Gasteiger partial charge in [-0.3, -0.25) is 0 Å². The molecule has 0 bridgehead atoms. The zero-order valence-electron chi connectivity index (χ0n) is 13.5. The third-order valence-corrected chi connectivity index (χ3v) is 3.25. The van der Waals surface area contributed by atoms with Crippen LogP contribution in [0.1, 0.15) is 12.6 Å². The Morgan fingerprint density at radius 2 is 2.17 bits per heavy atom. The fourth-order valence-corrected chi connectivity index (χ4v) is 1.86. The van der Waals surface area contributed by atoms with E-state index in [4.69, 9.17) is 18.9 Å². The lowest BCUT2D eigenvalue weighted by atomic mass is 10.1. The molecule has 0 amide bonds. The molecule has 0 radical (unpaired) electrons. The molecule has 0 fully saturated rings. The van der Waals surface area contributed by atoms with Crippen molar-refractivity contribution in [1.29, 1.82) is 0 Å². The lowest BCUT2D eigenvalue weighted by Crippen LogP contribution is -2.45. The van der Waals surface area contributed by atoms with Gasteiger partial charge < -0.3 is 34.0 Å². The van der Waals surface area contributed by atoms with Gasteiger partial charge in [-0.25, -0.2) is 9.98 Å². The summed E-state index contributed by atoms with van der Waals surface area (Å²) >= 11 is 0. The van der Waals surface area contributed by atoms with Gasteiger partial charge in [-0.05, 0) is 6.92 Å². The number of pyridine rings is 1. The summed E-state index contributed by atoms with van der Waals surface area (Å²) in [7, 11) is 1.59. The van der Waals surface area contributed by atoms with E-state index in [0.717, 1.165) is 0 Å². The van der Waals surface area contributed by atoms with Crippen molar-refractivity contribution in [2.75, 3.05) is 40.1 Å². The Morgan fingerprint density at radius 3 is 2.79 bits per heavy atom. The lowest BCUT2D eigenvalue weighted by Gasteiger charge is -2.18. The minimum Gasteiger partial charge on any atom is -0.547 e. The average Bonchev–Trinajstić information content (AvgIpc) is 2.94. The van der Waals surface area contributed by atoms with Crippen LogP contribution in [0.15, 0.2) is 17.3 Å². The molecule has 9 nitrogen and oxygen atoms in total. The molecule has 1 unspecified atom stereocenters. The van der Waals surface area contributed by atoms with E-state index in [1.54, 1.807) is 7.11 Å². The van der Waals surface area contributed by atoms with Gasteiger partial charge in [-0.15, -0.1) is 0 Å². The Morgan fingerprint density at radius 1 is 1.42 bits per heavy atom. The molecule has 2 heterocycles. The van der Waals surface area contributed by atoms with Gasteiger partial charge in [0.1, 0.15) is 24.5 Å². The number of aliphatic imine (C=N–C) groups is 1. The number of ether oxygens (including phenoxy) is 4. The van der Waals surface area contributed by atoms with Crippen molar-refractivity contribution in [2.24, 2.45) is 4.99 Å². The summed E-state index contributed by atoms with van der Waals surface area (Å²) in [5, 5.41) is 21.1. The molecule has 1 N–H and O–H groups in total. The van der Waals surface area contributed by atoms with Crippen LogP contribution >= 0.6 is 0 Å². The highest BCUT2D eigenvalue weighted by atomic mass is 16.5. The number of hydrogen-bond acceptors (Lipinski definition) is 9. The molecule has 1 aromatic rings. The van der Waals surface area contributed by atoms with E-state index in [9.17, 15) is 15.0 Å². The van der Waals surface area contributed by atoms with Crippen LogP contribution in [-0.4, -0.2) is 67.6 Å². The number of carbonyl (C=O) groups is 1. The fourth-order valence-electron chi connectivity index (χ4n) is 1.86. The second kappa shape index (κ2) is 7.93. The summed E-state index contributed by atoms with van der Waals surface area (Å²) in [4.78, 5) is 19.0. The molecule has 1 aliphatic rings. The van der Waals surface area contributed by atoms with Crippen LogP contribution in [0.25, 0.3) is 0 Å². The smallest absolute Gasteiger partial charge is 0.240 e. The summed E-state index contributed by atoms with van der Waals surface area (Å²) < 4.78 is 20.7. The highest BCUT2D eigenvalue weighted by molar-refractivity contribution is 5.98. The van der Waals surface area contributed by atoms with Gasteiger partial charge in [-0.2, -0.15) is 0 Å². The quantitative estimate of drug-likeness (QED) is 0.575. The van der Waals surface area contributed by atoms with E-state index in [-0.39, 0.29) is 30.6 Å². The fraction of sp³-hybridized carbons (Fsp3) is 0.533. The molecule has 2 rings (SSSR count). The molecule has 1 aromatic heterocycles. The third-order valence-electron chi connectivity index (χ3n) is 3.25. The number of methoxy groups -OCH3 is 1. The summed E-state index contributed by atoms with van der Waals surface area (Å²) in [5.41, 5.74) is -1.44. The molecule has 24 heavy (non-hydrogen) atoms. The normalized spacial score (nSPS) is 19.7. The van der Waals surface area contributed by atoms with Crippen molar-refractivity contribution in [3.63, 3.8) is 0 Å². The lowest BCUT2D eigenvalue weighted by molar-refractivity contribution is -0.312. The Kier molecular flexibility index (Phi) is 5.93. The summed E-state index contributed by atoms with van der Waals surface area (Å²) in [6.45, 7) is 2.81. The van der Waals surface area contributed by atoms with Gasteiger partial charge in [0.25, 0.3) is 0 Å². The Hall–Kier alpha value is -2.39. The van der Waals surface area contributed by atoms with E-state index in [1.165, 1.54) is 19.2 Å². The molecule has 0 saturated heterocycles. The zero-order chi connectivity index (χ0) is 17.6. The average molecular weight is 339 g/mol. The number of aliphatic carboxylic acids is 1. The number of hydrogen-bond donors (Lipinski definition) is 1. The van der Waals surface area contributed by atoms with Gasteiger partial charge in [0.15, 0.2) is 11.4 Å². The molecule has 1 atom stereocenters. The third kappa shape index (κ3) is 4.33. The predicted octanol–water partition coefficient (Wildman–Crippen LogP) is -0.886. The Bertz CT molecular complexity index is 620. The van der Waals surface area contributed by atoms with Crippen LogP contribution < -0.4 is 9.84 Å². The van der Waals surface area contributed by atoms with Crippen molar-refractivity contribution in [3.8, 4) is 11.5 Å². The maximum absolute atomic E-state index is 11.0. The van der Waals surface area contributed by atoms with Crippen molar-refractivity contribution in [3.05, 3.63) is 18.0 Å². The highest BCUT2D eigenvalue weighted by Crippen LogP contribution is 2.27. The van der Waals surface area contributed by atoms with Crippen LogP contribution in [0.4, 0.5) is 0 Å². The SMILES string of the molecule is COCCOCCOc1cnc(C2=NC(C)(C(=O)[O-])CO2)c(O)c1.